The van der Waals surface area contributed by atoms with Gasteiger partial charge < -0.3 is 14.6 Å². The van der Waals surface area contributed by atoms with Crippen LogP contribution in [-0.2, 0) is 10.2 Å². The Morgan fingerprint density at radius 3 is 2.25 bits per heavy atom. The van der Waals surface area contributed by atoms with E-state index in [4.69, 9.17) is 21.1 Å². The molecule has 1 aliphatic carbocycles. The number of hydrogen-bond donors (Lipinski definition) is 1. The van der Waals surface area contributed by atoms with E-state index in [0.717, 1.165) is 0 Å². The van der Waals surface area contributed by atoms with E-state index in [0.29, 0.717) is 48.1 Å². The summed E-state index contributed by atoms with van der Waals surface area (Å²) < 4.78 is 11.5. The number of rotatable bonds is 2. The van der Waals surface area contributed by atoms with Crippen LogP contribution in [0.5, 0.6) is 11.5 Å². The lowest BCUT2D eigenvalue weighted by Gasteiger charge is -2.19. The number of ether oxygens (including phenoxy) is 2. The molecule has 5 heteroatoms. The van der Waals surface area contributed by atoms with Crippen molar-refractivity contribution in [2.45, 2.75) is 32.1 Å². The van der Waals surface area contributed by atoms with Gasteiger partial charge in [-0.05, 0) is 24.5 Å². The molecule has 1 N–H and O–H groups in total. The maximum Gasteiger partial charge on any atom is 0.314 e. The molecular weight excluding hydrogens is 280 g/mol. The lowest BCUT2D eigenvalue weighted by Crippen LogP contribution is -2.26. The zero-order chi connectivity index (χ0) is 14.5. The first-order valence-corrected chi connectivity index (χ1v) is 7.05. The molecule has 3 rings (SSSR count). The van der Waals surface area contributed by atoms with E-state index in [1.165, 1.54) is 0 Å². The molecule has 0 unspecified atom stereocenters. The van der Waals surface area contributed by atoms with E-state index in [2.05, 4.69) is 13.8 Å². The standard InChI is InChI=1S/C15H17ClO4/c1-14(2)7-19-11-5-9(15(3-4-15)13(17)18)10(16)6-12(11)20-8-14/h5-6H,3-4,7-8H2,1-2H3,(H,17,18). The van der Waals surface area contributed by atoms with Crippen molar-refractivity contribution >= 4 is 17.6 Å². The SMILES string of the molecule is CC1(C)COc2cc(Cl)c(C3(C(=O)O)CC3)cc2OC1. The Kier molecular flexibility index (Phi) is 2.91. The van der Waals surface area contributed by atoms with Gasteiger partial charge in [-0.1, -0.05) is 25.4 Å². The first-order valence-electron chi connectivity index (χ1n) is 6.67. The fourth-order valence-corrected chi connectivity index (χ4v) is 2.77. The van der Waals surface area contributed by atoms with Crippen LogP contribution >= 0.6 is 11.6 Å². The molecule has 2 aliphatic rings. The van der Waals surface area contributed by atoms with Crippen LogP contribution in [0.25, 0.3) is 0 Å². The number of benzene rings is 1. The van der Waals surface area contributed by atoms with Crippen LogP contribution in [0.3, 0.4) is 0 Å². The lowest BCUT2D eigenvalue weighted by atomic mass is 9.95. The minimum atomic E-state index is -0.836. The lowest BCUT2D eigenvalue weighted by molar-refractivity contribution is -0.140. The number of fused-ring (bicyclic) bond motifs is 1. The van der Waals surface area contributed by atoms with Crippen LogP contribution in [0, 0.1) is 5.41 Å². The quantitative estimate of drug-likeness (QED) is 0.910. The number of halogens is 1. The molecule has 0 spiro atoms. The molecule has 0 amide bonds. The highest BCUT2D eigenvalue weighted by Gasteiger charge is 2.53. The van der Waals surface area contributed by atoms with Crippen LogP contribution in [0.1, 0.15) is 32.3 Å². The molecule has 1 saturated carbocycles. The Labute approximate surface area is 122 Å². The van der Waals surface area contributed by atoms with Crippen LogP contribution in [0.4, 0.5) is 0 Å². The molecular formula is C15H17ClO4. The average Bonchev–Trinajstić information content (AvgIpc) is 3.16. The topological polar surface area (TPSA) is 55.8 Å². The molecule has 0 bridgehead atoms. The van der Waals surface area contributed by atoms with Gasteiger partial charge in [0.1, 0.15) is 0 Å². The summed E-state index contributed by atoms with van der Waals surface area (Å²) in [7, 11) is 0. The van der Waals surface area contributed by atoms with Crippen molar-refractivity contribution in [3.63, 3.8) is 0 Å². The van der Waals surface area contributed by atoms with Gasteiger partial charge in [0.25, 0.3) is 0 Å². The Morgan fingerprint density at radius 2 is 1.75 bits per heavy atom. The Bertz CT molecular complexity index is 575. The van der Waals surface area contributed by atoms with Crippen molar-refractivity contribution in [1.82, 2.24) is 0 Å². The Balaban J connectivity index is 2.01. The van der Waals surface area contributed by atoms with Crippen LogP contribution < -0.4 is 9.47 Å². The number of hydrogen-bond acceptors (Lipinski definition) is 3. The van der Waals surface area contributed by atoms with Crippen molar-refractivity contribution in [3.05, 3.63) is 22.7 Å². The summed E-state index contributed by atoms with van der Waals surface area (Å²) in [5.74, 6) is 0.349. The highest BCUT2D eigenvalue weighted by molar-refractivity contribution is 6.32. The largest absolute Gasteiger partial charge is 0.489 e. The smallest absolute Gasteiger partial charge is 0.314 e. The van der Waals surface area contributed by atoms with E-state index < -0.39 is 11.4 Å². The molecule has 1 aromatic carbocycles. The second-order valence-corrected chi connectivity index (χ2v) is 6.81. The van der Waals surface area contributed by atoms with Crippen LogP contribution in [0.15, 0.2) is 12.1 Å². The molecule has 1 heterocycles. The van der Waals surface area contributed by atoms with Crippen molar-refractivity contribution < 1.29 is 19.4 Å². The van der Waals surface area contributed by atoms with E-state index >= 15 is 0 Å². The number of carboxylic acids is 1. The molecule has 1 aromatic rings. The molecule has 0 aromatic heterocycles. The van der Waals surface area contributed by atoms with Crippen LogP contribution in [-0.4, -0.2) is 24.3 Å². The molecule has 1 aliphatic heterocycles. The first kappa shape index (κ1) is 13.6. The monoisotopic (exact) mass is 296 g/mol. The fourth-order valence-electron chi connectivity index (χ4n) is 2.44. The molecule has 20 heavy (non-hydrogen) atoms. The van der Waals surface area contributed by atoms with Gasteiger partial charge in [0.15, 0.2) is 11.5 Å². The predicted molar refractivity (Wildman–Crippen MR) is 74.8 cm³/mol. The van der Waals surface area contributed by atoms with Gasteiger partial charge in [0.05, 0.1) is 18.6 Å². The summed E-state index contributed by atoms with van der Waals surface area (Å²) in [5.41, 5.74) is -0.291. The second kappa shape index (κ2) is 4.29. The highest BCUT2D eigenvalue weighted by Crippen LogP contribution is 2.53. The molecule has 0 atom stereocenters. The maximum absolute atomic E-state index is 11.4. The second-order valence-electron chi connectivity index (χ2n) is 6.41. The summed E-state index contributed by atoms with van der Waals surface area (Å²) in [4.78, 5) is 11.4. The normalized spacial score (nSPS) is 21.9. The van der Waals surface area contributed by atoms with Gasteiger partial charge in [-0.2, -0.15) is 0 Å². The molecule has 1 fully saturated rings. The van der Waals surface area contributed by atoms with Gasteiger partial charge in [-0.15, -0.1) is 0 Å². The Hall–Kier alpha value is -1.42. The summed E-state index contributed by atoms with van der Waals surface area (Å²) in [6, 6.07) is 3.41. The fraction of sp³-hybridized carbons (Fsp3) is 0.533. The van der Waals surface area contributed by atoms with E-state index in [1.807, 2.05) is 0 Å². The summed E-state index contributed by atoms with van der Waals surface area (Å²) in [6.45, 7) is 5.18. The Morgan fingerprint density at radius 1 is 1.20 bits per heavy atom. The summed E-state index contributed by atoms with van der Waals surface area (Å²) in [6.07, 6.45) is 1.24. The molecule has 4 nitrogen and oxygen atoms in total. The van der Waals surface area contributed by atoms with E-state index in [9.17, 15) is 9.90 Å². The summed E-state index contributed by atoms with van der Waals surface area (Å²) in [5, 5.41) is 9.83. The number of aliphatic carboxylic acids is 1. The minimum absolute atomic E-state index is 0.0876. The zero-order valence-electron chi connectivity index (χ0n) is 11.5. The third-order valence-corrected chi connectivity index (χ3v) is 4.26. The highest BCUT2D eigenvalue weighted by atomic mass is 35.5. The van der Waals surface area contributed by atoms with Crippen molar-refractivity contribution in [2.24, 2.45) is 5.41 Å². The molecule has 0 radical (unpaired) electrons. The maximum atomic E-state index is 11.4. The van der Waals surface area contributed by atoms with Crippen molar-refractivity contribution in [3.8, 4) is 11.5 Å². The van der Waals surface area contributed by atoms with Gasteiger partial charge >= 0.3 is 5.97 Å². The average molecular weight is 297 g/mol. The van der Waals surface area contributed by atoms with Crippen LogP contribution in [0.2, 0.25) is 5.02 Å². The van der Waals surface area contributed by atoms with Gasteiger partial charge in [-0.25, -0.2) is 0 Å². The van der Waals surface area contributed by atoms with Gasteiger partial charge in [0, 0.05) is 16.5 Å². The molecule has 0 saturated heterocycles. The van der Waals surface area contributed by atoms with Crippen molar-refractivity contribution in [1.29, 1.82) is 0 Å². The zero-order valence-corrected chi connectivity index (χ0v) is 12.3. The van der Waals surface area contributed by atoms with Crippen molar-refractivity contribution in [2.75, 3.05) is 13.2 Å². The third-order valence-electron chi connectivity index (χ3n) is 3.95. The third kappa shape index (κ3) is 2.12. The predicted octanol–water partition coefficient (Wildman–Crippen LogP) is 3.25. The summed E-state index contributed by atoms with van der Waals surface area (Å²) >= 11 is 6.26. The first-order chi connectivity index (χ1) is 9.34. The number of carboxylic acid groups (broad SMARTS) is 1. The molecule has 108 valence electrons. The van der Waals surface area contributed by atoms with Gasteiger partial charge in [-0.3, -0.25) is 4.79 Å². The minimum Gasteiger partial charge on any atom is -0.489 e. The number of carbonyl (C=O) groups is 1. The van der Waals surface area contributed by atoms with E-state index in [-0.39, 0.29) is 5.41 Å². The van der Waals surface area contributed by atoms with E-state index in [1.54, 1.807) is 12.1 Å². The van der Waals surface area contributed by atoms with Gasteiger partial charge in [0.2, 0.25) is 0 Å².